The van der Waals surface area contributed by atoms with Gasteiger partial charge in [-0.25, -0.2) is 4.39 Å². The first kappa shape index (κ1) is 13.6. The van der Waals surface area contributed by atoms with Crippen LogP contribution in [-0.2, 0) is 6.42 Å². The quantitative estimate of drug-likeness (QED) is 0.526. The summed E-state index contributed by atoms with van der Waals surface area (Å²) in [5.41, 5.74) is 2.38. The summed E-state index contributed by atoms with van der Waals surface area (Å²) < 4.78 is 14.2. The lowest BCUT2D eigenvalue weighted by molar-refractivity contribution is 0.630. The summed E-state index contributed by atoms with van der Waals surface area (Å²) in [4.78, 5) is 1.05. The lowest BCUT2D eigenvalue weighted by Crippen LogP contribution is -1.90. The Bertz CT molecular complexity index is 730. The molecule has 0 aliphatic heterocycles. The van der Waals surface area contributed by atoms with Gasteiger partial charge in [0.25, 0.3) is 0 Å². The van der Waals surface area contributed by atoms with E-state index in [1.165, 1.54) is 11.6 Å². The van der Waals surface area contributed by atoms with Crippen LogP contribution in [0.5, 0.6) is 0 Å². The van der Waals surface area contributed by atoms with Crippen molar-refractivity contribution in [1.29, 1.82) is 0 Å². The van der Waals surface area contributed by atoms with E-state index in [4.69, 9.17) is 11.6 Å². The summed E-state index contributed by atoms with van der Waals surface area (Å²) in [7, 11) is 0. The largest absolute Gasteiger partial charge is 0.207 e. The van der Waals surface area contributed by atoms with E-state index < -0.39 is 0 Å². The first-order chi connectivity index (χ1) is 9.67. The molecule has 0 radical (unpaired) electrons. The van der Waals surface area contributed by atoms with Crippen molar-refractivity contribution in [1.82, 2.24) is 0 Å². The van der Waals surface area contributed by atoms with Crippen LogP contribution in [0.25, 0.3) is 10.1 Å². The van der Waals surface area contributed by atoms with Crippen LogP contribution in [0, 0.1) is 5.82 Å². The van der Waals surface area contributed by atoms with Crippen molar-refractivity contribution in [3.05, 3.63) is 70.4 Å². The number of hydrogen-bond acceptors (Lipinski definition) is 1. The van der Waals surface area contributed by atoms with Crippen molar-refractivity contribution >= 4 is 33.0 Å². The monoisotopic (exact) mass is 304 g/mol. The molecule has 0 aliphatic rings. The minimum Gasteiger partial charge on any atom is -0.207 e. The Morgan fingerprint density at radius 2 is 1.85 bits per heavy atom. The number of benzene rings is 2. The van der Waals surface area contributed by atoms with E-state index in [-0.39, 0.29) is 11.2 Å². The van der Waals surface area contributed by atoms with Crippen molar-refractivity contribution in [2.75, 3.05) is 0 Å². The molecule has 0 aliphatic carbocycles. The average molecular weight is 305 g/mol. The highest BCUT2D eigenvalue weighted by molar-refractivity contribution is 7.19. The number of fused-ring (bicyclic) bond motifs is 1. The predicted octanol–water partition coefficient (Wildman–Crippen LogP) is 5.93. The molecule has 1 atom stereocenters. The molecule has 20 heavy (non-hydrogen) atoms. The molecule has 0 nitrogen and oxygen atoms in total. The van der Waals surface area contributed by atoms with E-state index in [2.05, 4.69) is 31.2 Å². The molecule has 1 heterocycles. The van der Waals surface area contributed by atoms with Crippen LogP contribution in [0.1, 0.15) is 28.3 Å². The van der Waals surface area contributed by atoms with Crippen LogP contribution >= 0.6 is 22.9 Å². The van der Waals surface area contributed by atoms with Gasteiger partial charge < -0.3 is 0 Å². The highest BCUT2D eigenvalue weighted by Gasteiger charge is 2.14. The SMILES string of the molecule is CCc1ccc(C(Cl)c2cc3ccc(F)cc3s2)cc1. The molecule has 0 spiro atoms. The first-order valence-corrected chi connectivity index (χ1v) is 7.84. The Labute approximate surface area is 126 Å². The van der Waals surface area contributed by atoms with Gasteiger partial charge in [-0.1, -0.05) is 37.3 Å². The van der Waals surface area contributed by atoms with Crippen LogP contribution in [0.3, 0.4) is 0 Å². The zero-order chi connectivity index (χ0) is 14.1. The van der Waals surface area contributed by atoms with Crippen molar-refractivity contribution < 1.29 is 4.39 Å². The predicted molar refractivity (Wildman–Crippen MR) is 85.3 cm³/mol. The third-order valence-corrected chi connectivity index (χ3v) is 5.21. The fourth-order valence-electron chi connectivity index (χ4n) is 2.24. The molecule has 0 amide bonds. The number of aryl methyl sites for hydroxylation is 1. The second kappa shape index (κ2) is 5.55. The maximum absolute atomic E-state index is 13.2. The summed E-state index contributed by atoms with van der Waals surface area (Å²) in [5, 5.41) is 0.864. The zero-order valence-electron chi connectivity index (χ0n) is 11.1. The number of hydrogen-bond donors (Lipinski definition) is 0. The van der Waals surface area contributed by atoms with E-state index in [0.29, 0.717) is 0 Å². The second-order valence-electron chi connectivity index (χ2n) is 4.79. The van der Waals surface area contributed by atoms with Crippen LogP contribution in [0.15, 0.2) is 48.5 Å². The van der Waals surface area contributed by atoms with Gasteiger partial charge in [0, 0.05) is 9.58 Å². The third kappa shape index (κ3) is 2.58. The zero-order valence-corrected chi connectivity index (χ0v) is 12.6. The van der Waals surface area contributed by atoms with Crippen molar-refractivity contribution in [2.24, 2.45) is 0 Å². The molecule has 0 saturated carbocycles. The molecule has 2 aromatic carbocycles. The first-order valence-electron chi connectivity index (χ1n) is 6.59. The highest BCUT2D eigenvalue weighted by atomic mass is 35.5. The Morgan fingerprint density at radius 3 is 2.55 bits per heavy atom. The maximum Gasteiger partial charge on any atom is 0.124 e. The van der Waals surface area contributed by atoms with Gasteiger partial charge in [0.15, 0.2) is 0 Å². The smallest absolute Gasteiger partial charge is 0.124 e. The third-order valence-electron chi connectivity index (χ3n) is 3.43. The van der Waals surface area contributed by atoms with E-state index in [0.717, 1.165) is 26.9 Å². The molecule has 102 valence electrons. The molecule has 1 unspecified atom stereocenters. The van der Waals surface area contributed by atoms with E-state index in [9.17, 15) is 4.39 Å². The summed E-state index contributed by atoms with van der Waals surface area (Å²) >= 11 is 8.11. The second-order valence-corrected chi connectivity index (χ2v) is 6.34. The fraction of sp³-hybridized carbons (Fsp3) is 0.176. The molecular weight excluding hydrogens is 291 g/mol. The fourth-order valence-corrected chi connectivity index (χ4v) is 3.67. The van der Waals surface area contributed by atoms with Crippen molar-refractivity contribution in [3.63, 3.8) is 0 Å². The molecule has 3 heteroatoms. The van der Waals surface area contributed by atoms with Crippen molar-refractivity contribution in [2.45, 2.75) is 18.7 Å². The summed E-state index contributed by atoms with van der Waals surface area (Å²) in [6.07, 6.45) is 1.02. The van der Waals surface area contributed by atoms with E-state index >= 15 is 0 Å². The Morgan fingerprint density at radius 1 is 1.10 bits per heavy atom. The van der Waals surface area contributed by atoms with Crippen molar-refractivity contribution in [3.8, 4) is 0 Å². The Hall–Kier alpha value is -1.38. The molecular formula is C17H14ClFS. The van der Waals surface area contributed by atoms with Crippen LogP contribution in [0.4, 0.5) is 4.39 Å². The molecule has 1 aromatic heterocycles. The molecule has 0 N–H and O–H groups in total. The van der Waals surface area contributed by atoms with E-state index in [1.807, 2.05) is 6.07 Å². The maximum atomic E-state index is 13.2. The number of rotatable bonds is 3. The van der Waals surface area contributed by atoms with Gasteiger partial charge in [-0.15, -0.1) is 22.9 Å². The molecule has 0 saturated heterocycles. The van der Waals surface area contributed by atoms with Crippen LogP contribution in [-0.4, -0.2) is 0 Å². The van der Waals surface area contributed by atoms with Crippen LogP contribution < -0.4 is 0 Å². The van der Waals surface area contributed by atoms with Gasteiger partial charge in [-0.05, 0) is 41.1 Å². The number of thiophene rings is 1. The van der Waals surface area contributed by atoms with Gasteiger partial charge in [0.05, 0.1) is 5.38 Å². The van der Waals surface area contributed by atoms with Gasteiger partial charge in [0.2, 0.25) is 0 Å². The van der Waals surface area contributed by atoms with Gasteiger partial charge in [0.1, 0.15) is 5.82 Å². The van der Waals surface area contributed by atoms with E-state index in [1.54, 1.807) is 23.5 Å². The van der Waals surface area contributed by atoms with Gasteiger partial charge >= 0.3 is 0 Å². The molecule has 0 fully saturated rings. The minimum atomic E-state index is -0.204. The molecule has 3 aromatic rings. The summed E-state index contributed by atoms with van der Waals surface area (Å²) in [5.74, 6) is -0.204. The number of halogens is 2. The van der Waals surface area contributed by atoms with Gasteiger partial charge in [-0.3, -0.25) is 0 Å². The lowest BCUT2D eigenvalue weighted by Gasteiger charge is -2.08. The normalized spacial score (nSPS) is 12.8. The summed E-state index contributed by atoms with van der Waals surface area (Å²) in [6, 6.07) is 15.3. The highest BCUT2D eigenvalue weighted by Crippen LogP contribution is 2.37. The minimum absolute atomic E-state index is 0.179. The van der Waals surface area contributed by atoms with Gasteiger partial charge in [-0.2, -0.15) is 0 Å². The topological polar surface area (TPSA) is 0 Å². The average Bonchev–Trinajstić information content (AvgIpc) is 2.89. The molecule has 0 bridgehead atoms. The van der Waals surface area contributed by atoms with Crippen LogP contribution in [0.2, 0.25) is 0 Å². The summed E-state index contributed by atoms with van der Waals surface area (Å²) in [6.45, 7) is 2.13. The lowest BCUT2D eigenvalue weighted by atomic mass is 10.1. The number of alkyl halides is 1. The molecule has 3 rings (SSSR count). The Balaban J connectivity index is 1.96. The Kier molecular flexibility index (Phi) is 3.77. The standard InChI is InChI=1S/C17H14ClFS/c1-2-11-3-5-12(6-4-11)17(18)16-9-13-7-8-14(19)10-15(13)20-16/h3-10,17H,2H2,1H3.